The van der Waals surface area contributed by atoms with E-state index >= 15 is 0 Å². The van der Waals surface area contributed by atoms with Gasteiger partial charge in [-0.15, -0.1) is 5.10 Å². The second kappa shape index (κ2) is 10.6. The summed E-state index contributed by atoms with van der Waals surface area (Å²) in [5, 5.41) is 44.5. The second-order valence-electron chi connectivity index (χ2n) is 8.55. The summed E-state index contributed by atoms with van der Waals surface area (Å²) in [7, 11) is 0. The van der Waals surface area contributed by atoms with Crippen molar-refractivity contribution in [2.45, 2.75) is 36.9 Å². The van der Waals surface area contributed by atoms with E-state index in [1.54, 1.807) is 18.2 Å². The number of aromatic nitrogens is 6. The minimum atomic E-state index is -1.63. The molecular formula is C23H19Cl2F3N6O4. The van der Waals surface area contributed by atoms with Gasteiger partial charge in [0.1, 0.15) is 36.4 Å². The lowest BCUT2D eigenvalue weighted by Crippen LogP contribution is -2.52. The van der Waals surface area contributed by atoms with Crippen LogP contribution in [0.1, 0.15) is 24.4 Å². The third-order valence-corrected chi connectivity index (χ3v) is 6.94. The minimum absolute atomic E-state index is 0.00225. The van der Waals surface area contributed by atoms with Crippen molar-refractivity contribution in [3.05, 3.63) is 76.2 Å². The van der Waals surface area contributed by atoms with E-state index in [0.717, 1.165) is 16.8 Å². The standard InChI is InChI=1S/C23H19Cl2F3N6O4/c24-12-2-1-11(7-13(12)25)34-23(29-9-30-34)22-21(37)19(20(36)17(38-22)3-4-35)33-8-16(31-32-33)10-5-14(26)18(28)15(27)6-10/h1-2,5-9,17,19-22,35-37H,3-4H2/t17-,19+,20+,21-,22-/m1/s1. The summed E-state index contributed by atoms with van der Waals surface area (Å²) in [6.07, 6.45) is -2.55. The number of aliphatic hydroxyl groups excluding tert-OH is 3. The van der Waals surface area contributed by atoms with Crippen LogP contribution in [0.2, 0.25) is 10.0 Å². The van der Waals surface area contributed by atoms with Gasteiger partial charge in [0.05, 0.1) is 28.0 Å². The lowest BCUT2D eigenvalue weighted by atomic mass is 9.90. The summed E-state index contributed by atoms with van der Waals surface area (Å²) < 4.78 is 49.4. The summed E-state index contributed by atoms with van der Waals surface area (Å²) in [6, 6.07) is 5.03. The Hall–Kier alpha value is -3.07. The lowest BCUT2D eigenvalue weighted by Gasteiger charge is -2.42. The van der Waals surface area contributed by atoms with Crippen LogP contribution < -0.4 is 0 Å². The molecule has 3 N–H and O–H groups in total. The van der Waals surface area contributed by atoms with Crippen LogP contribution in [-0.4, -0.2) is 70.0 Å². The van der Waals surface area contributed by atoms with Crippen LogP contribution in [-0.2, 0) is 4.74 Å². The van der Waals surface area contributed by atoms with Crippen molar-refractivity contribution >= 4 is 23.2 Å². The highest BCUT2D eigenvalue weighted by Crippen LogP contribution is 2.39. The molecule has 1 fully saturated rings. The molecule has 38 heavy (non-hydrogen) atoms. The van der Waals surface area contributed by atoms with E-state index in [1.807, 2.05) is 0 Å². The molecule has 0 spiro atoms. The van der Waals surface area contributed by atoms with Crippen molar-refractivity contribution in [3.63, 3.8) is 0 Å². The molecule has 0 radical (unpaired) electrons. The Balaban J connectivity index is 1.52. The van der Waals surface area contributed by atoms with E-state index in [-0.39, 0.29) is 35.1 Å². The molecule has 1 saturated heterocycles. The highest BCUT2D eigenvalue weighted by atomic mass is 35.5. The van der Waals surface area contributed by atoms with Crippen molar-refractivity contribution < 1.29 is 33.2 Å². The monoisotopic (exact) mass is 570 g/mol. The van der Waals surface area contributed by atoms with Crippen LogP contribution in [0.25, 0.3) is 16.9 Å². The maximum absolute atomic E-state index is 13.8. The summed E-state index contributed by atoms with van der Waals surface area (Å²) in [4.78, 5) is 4.23. The van der Waals surface area contributed by atoms with Gasteiger partial charge in [-0.25, -0.2) is 27.5 Å². The Morgan fingerprint density at radius 1 is 1.00 bits per heavy atom. The topological polar surface area (TPSA) is 131 Å². The van der Waals surface area contributed by atoms with E-state index < -0.39 is 47.9 Å². The lowest BCUT2D eigenvalue weighted by molar-refractivity contribution is -0.205. The van der Waals surface area contributed by atoms with E-state index in [4.69, 9.17) is 27.9 Å². The molecule has 200 valence electrons. The zero-order valence-electron chi connectivity index (χ0n) is 19.2. The van der Waals surface area contributed by atoms with Gasteiger partial charge in [0.25, 0.3) is 0 Å². The van der Waals surface area contributed by atoms with Gasteiger partial charge in [-0.05, 0) is 36.8 Å². The third-order valence-electron chi connectivity index (χ3n) is 6.20. The number of halogens is 5. The average molecular weight is 571 g/mol. The van der Waals surface area contributed by atoms with E-state index in [2.05, 4.69) is 20.4 Å². The van der Waals surface area contributed by atoms with Gasteiger partial charge in [-0.1, -0.05) is 28.4 Å². The van der Waals surface area contributed by atoms with Gasteiger partial charge in [0, 0.05) is 12.2 Å². The van der Waals surface area contributed by atoms with E-state index in [1.165, 1.54) is 17.2 Å². The summed E-state index contributed by atoms with van der Waals surface area (Å²) in [6.45, 7) is -0.340. The number of aliphatic hydroxyl groups is 3. The van der Waals surface area contributed by atoms with Crippen LogP contribution in [0.4, 0.5) is 13.2 Å². The Morgan fingerprint density at radius 2 is 1.74 bits per heavy atom. The highest BCUT2D eigenvalue weighted by molar-refractivity contribution is 6.42. The number of ether oxygens (including phenoxy) is 1. The molecule has 15 heteroatoms. The molecule has 0 unspecified atom stereocenters. The normalized spacial score (nSPS) is 23.6. The molecule has 3 heterocycles. The molecule has 5 atom stereocenters. The molecule has 2 aromatic carbocycles. The Labute approximate surface area is 222 Å². The zero-order chi connectivity index (χ0) is 27.1. The fraction of sp³-hybridized carbons (Fsp3) is 0.304. The van der Waals surface area contributed by atoms with Crippen LogP contribution in [0.3, 0.4) is 0 Å². The minimum Gasteiger partial charge on any atom is -0.396 e. The van der Waals surface area contributed by atoms with Crippen LogP contribution >= 0.6 is 23.2 Å². The molecule has 4 aromatic rings. The van der Waals surface area contributed by atoms with Crippen molar-refractivity contribution in [2.75, 3.05) is 6.61 Å². The number of nitrogens with zero attached hydrogens (tertiary/aromatic N) is 6. The SMILES string of the molecule is OCC[C@H]1O[C@@H](c2ncnn2-c2ccc(Cl)c(Cl)c2)[C@H](O)[C@@H](n2cc(-c3cc(F)c(F)c(F)c3)nn2)[C@H]1O. The molecular weight excluding hydrogens is 552 g/mol. The van der Waals surface area contributed by atoms with Gasteiger partial charge in [0.15, 0.2) is 23.3 Å². The number of benzene rings is 2. The first-order chi connectivity index (χ1) is 18.2. The summed E-state index contributed by atoms with van der Waals surface area (Å²) >= 11 is 12.2. The van der Waals surface area contributed by atoms with Gasteiger partial charge >= 0.3 is 0 Å². The van der Waals surface area contributed by atoms with Gasteiger partial charge < -0.3 is 20.1 Å². The molecule has 10 nitrogen and oxygen atoms in total. The fourth-order valence-electron chi connectivity index (χ4n) is 4.36. The van der Waals surface area contributed by atoms with Crippen molar-refractivity contribution in [1.29, 1.82) is 0 Å². The predicted molar refractivity (Wildman–Crippen MR) is 127 cm³/mol. The maximum Gasteiger partial charge on any atom is 0.194 e. The van der Waals surface area contributed by atoms with Gasteiger partial charge in [0.2, 0.25) is 0 Å². The molecule has 2 aromatic heterocycles. The Kier molecular flexibility index (Phi) is 7.40. The quantitative estimate of drug-likeness (QED) is 0.301. The molecule has 0 bridgehead atoms. The molecule has 0 aliphatic carbocycles. The Bertz CT molecular complexity index is 1450. The Morgan fingerprint density at radius 3 is 2.42 bits per heavy atom. The first-order valence-electron chi connectivity index (χ1n) is 11.2. The average Bonchev–Trinajstić information content (AvgIpc) is 3.56. The maximum atomic E-state index is 13.8. The van der Waals surface area contributed by atoms with Crippen LogP contribution in [0, 0.1) is 17.5 Å². The van der Waals surface area contributed by atoms with E-state index in [9.17, 15) is 28.5 Å². The smallest absolute Gasteiger partial charge is 0.194 e. The van der Waals surface area contributed by atoms with Crippen LogP contribution in [0.15, 0.2) is 42.9 Å². The highest BCUT2D eigenvalue weighted by Gasteiger charge is 2.48. The van der Waals surface area contributed by atoms with Crippen molar-refractivity contribution in [3.8, 4) is 16.9 Å². The number of hydrogen-bond acceptors (Lipinski definition) is 8. The summed E-state index contributed by atoms with van der Waals surface area (Å²) in [5.74, 6) is -4.30. The molecule has 1 aliphatic heterocycles. The molecule has 0 amide bonds. The van der Waals surface area contributed by atoms with Crippen molar-refractivity contribution in [1.82, 2.24) is 29.8 Å². The van der Waals surface area contributed by atoms with Crippen LogP contribution in [0.5, 0.6) is 0 Å². The second-order valence-corrected chi connectivity index (χ2v) is 9.36. The summed E-state index contributed by atoms with van der Waals surface area (Å²) in [5.41, 5.74) is 0.321. The van der Waals surface area contributed by atoms with Crippen molar-refractivity contribution in [2.24, 2.45) is 0 Å². The zero-order valence-corrected chi connectivity index (χ0v) is 20.7. The molecule has 1 aliphatic rings. The first kappa shape index (κ1) is 26.5. The molecule has 5 rings (SSSR count). The third kappa shape index (κ3) is 4.77. The molecule has 0 saturated carbocycles. The van der Waals surface area contributed by atoms with Gasteiger partial charge in [-0.2, -0.15) is 5.10 Å². The van der Waals surface area contributed by atoms with Gasteiger partial charge in [-0.3, -0.25) is 0 Å². The fourth-order valence-corrected chi connectivity index (χ4v) is 4.65. The largest absolute Gasteiger partial charge is 0.396 e. The number of rotatable bonds is 6. The first-order valence-corrected chi connectivity index (χ1v) is 12.0. The number of hydrogen-bond donors (Lipinski definition) is 3. The van der Waals surface area contributed by atoms with E-state index in [0.29, 0.717) is 10.7 Å². The predicted octanol–water partition coefficient (Wildman–Crippen LogP) is 3.04.